The number of benzene rings is 2. The van der Waals surface area contributed by atoms with Gasteiger partial charge in [-0.25, -0.2) is 23.1 Å². The van der Waals surface area contributed by atoms with Crippen molar-refractivity contribution in [1.29, 1.82) is 0 Å². The molecule has 3 aromatic heterocycles. The molecule has 2 aromatic carbocycles. The monoisotopic (exact) mass is 872 g/mol. The van der Waals surface area contributed by atoms with E-state index in [2.05, 4.69) is 64.2 Å². The number of nitroso groups, excluding NO2 is 1. The summed E-state index contributed by atoms with van der Waals surface area (Å²) in [4.78, 5) is 42.3. The predicted octanol–water partition coefficient (Wildman–Crippen LogP) is 8.74. The summed E-state index contributed by atoms with van der Waals surface area (Å²) in [6.07, 6.45) is 16.0. The van der Waals surface area contributed by atoms with Crippen LogP contribution in [0.5, 0.6) is 11.5 Å². The van der Waals surface area contributed by atoms with Crippen LogP contribution in [-0.2, 0) is 10.0 Å². The SMILES string of the molecule is CC1(O)CCC(CNc2ncc(S(=O)(=O)NC(=O)c3ccc(N4CCC5(CC4)CN([C@H]4CCC[C@H]4c4ccccc4C4CC4)C5)cc3Oc3cnc4[nH]ccc4c3)cc2N=O)CC1. The minimum absolute atomic E-state index is 0.0143. The number of aromatic nitrogens is 3. The lowest BCUT2D eigenvalue weighted by Crippen LogP contribution is -2.63. The Kier molecular flexibility index (Phi) is 11.0. The number of H-pyrrole nitrogens is 1. The van der Waals surface area contributed by atoms with E-state index in [4.69, 9.17) is 4.74 Å². The third kappa shape index (κ3) is 8.67. The van der Waals surface area contributed by atoms with Crippen LogP contribution in [0.25, 0.3) is 11.0 Å². The number of hydrogen-bond donors (Lipinski definition) is 4. The largest absolute Gasteiger partial charge is 0.455 e. The zero-order valence-electron chi connectivity index (χ0n) is 35.8. The van der Waals surface area contributed by atoms with Crippen molar-refractivity contribution < 1.29 is 23.1 Å². The van der Waals surface area contributed by atoms with Gasteiger partial charge in [-0.15, -0.1) is 4.91 Å². The van der Waals surface area contributed by atoms with Crippen molar-refractivity contribution in [1.82, 2.24) is 24.6 Å². The number of aliphatic hydroxyl groups is 1. The van der Waals surface area contributed by atoms with Crippen LogP contribution in [0, 0.1) is 16.2 Å². The van der Waals surface area contributed by atoms with Gasteiger partial charge in [0.1, 0.15) is 22.0 Å². The Labute approximate surface area is 368 Å². The first-order valence-corrected chi connectivity index (χ1v) is 24.1. The van der Waals surface area contributed by atoms with Crippen molar-refractivity contribution >= 4 is 44.2 Å². The number of carbonyl (C=O) groups excluding carboxylic acids is 1. The lowest BCUT2D eigenvalue weighted by molar-refractivity contribution is -0.0493. The predicted molar refractivity (Wildman–Crippen MR) is 242 cm³/mol. The number of pyridine rings is 2. The zero-order valence-corrected chi connectivity index (χ0v) is 36.6. The van der Waals surface area contributed by atoms with E-state index in [9.17, 15) is 23.2 Å². The lowest BCUT2D eigenvalue weighted by Gasteiger charge is -2.57. The molecule has 5 aliphatic rings. The second kappa shape index (κ2) is 16.6. The van der Waals surface area contributed by atoms with Crippen LogP contribution in [0.15, 0.2) is 89.3 Å². The van der Waals surface area contributed by atoms with E-state index in [0.717, 1.165) is 81.1 Å². The molecule has 14 nitrogen and oxygen atoms in total. The number of hydrogen-bond acceptors (Lipinski definition) is 12. The molecule has 3 saturated carbocycles. The number of anilines is 2. The van der Waals surface area contributed by atoms with E-state index < -0.39 is 21.5 Å². The fraction of sp³-hybridized carbons (Fsp3) is 0.479. The molecule has 63 heavy (non-hydrogen) atoms. The number of nitrogens with one attached hydrogen (secondary N) is 3. The highest BCUT2D eigenvalue weighted by Gasteiger charge is 2.49. The topological polar surface area (TPSA) is 182 Å². The molecule has 10 rings (SSSR count). The second-order valence-corrected chi connectivity index (χ2v) is 20.8. The number of carbonyl (C=O) groups is 1. The van der Waals surface area contributed by atoms with Gasteiger partial charge in [0.25, 0.3) is 15.9 Å². The van der Waals surface area contributed by atoms with Gasteiger partial charge in [-0.1, -0.05) is 30.7 Å². The van der Waals surface area contributed by atoms with Crippen molar-refractivity contribution in [2.75, 3.05) is 42.9 Å². The van der Waals surface area contributed by atoms with Gasteiger partial charge in [-0.3, -0.25) is 9.69 Å². The quantitative estimate of drug-likeness (QED) is 0.0831. The number of ether oxygens (including phenoxy) is 1. The summed E-state index contributed by atoms with van der Waals surface area (Å²) in [5, 5.41) is 17.3. The molecule has 5 heterocycles. The number of sulfonamides is 1. The summed E-state index contributed by atoms with van der Waals surface area (Å²) in [5.74, 6) is 1.46. The third-order valence-electron chi connectivity index (χ3n) is 14.7. The van der Waals surface area contributed by atoms with E-state index in [0.29, 0.717) is 48.2 Å². The van der Waals surface area contributed by atoms with E-state index in [-0.39, 0.29) is 33.6 Å². The van der Waals surface area contributed by atoms with Crippen molar-refractivity contribution in [3.05, 3.63) is 101 Å². The van der Waals surface area contributed by atoms with Crippen LogP contribution in [0.1, 0.15) is 111 Å². The minimum Gasteiger partial charge on any atom is -0.455 e. The van der Waals surface area contributed by atoms with Crippen molar-refractivity contribution in [2.24, 2.45) is 16.5 Å². The molecule has 2 atom stereocenters. The second-order valence-electron chi connectivity index (χ2n) is 19.2. The van der Waals surface area contributed by atoms with E-state index in [1.54, 1.807) is 35.7 Å². The molecule has 0 radical (unpaired) electrons. The maximum Gasteiger partial charge on any atom is 0.268 e. The maximum absolute atomic E-state index is 13.9. The Morgan fingerprint density at radius 2 is 1.71 bits per heavy atom. The number of piperidine rings is 1. The Bertz CT molecular complexity index is 2620. The van der Waals surface area contributed by atoms with Gasteiger partial charge in [0, 0.05) is 68.3 Å². The molecule has 0 unspecified atom stereocenters. The van der Waals surface area contributed by atoms with Gasteiger partial charge in [0.15, 0.2) is 11.5 Å². The van der Waals surface area contributed by atoms with Crippen LogP contribution in [-0.4, -0.2) is 83.7 Å². The molecule has 3 aliphatic carbocycles. The molecule has 5 fully saturated rings. The number of fused-ring (bicyclic) bond motifs is 1. The molecule has 330 valence electrons. The van der Waals surface area contributed by atoms with Crippen molar-refractivity contribution in [3.8, 4) is 11.5 Å². The summed E-state index contributed by atoms with van der Waals surface area (Å²) in [5.41, 5.74) is 4.21. The summed E-state index contributed by atoms with van der Waals surface area (Å²) in [6, 6.07) is 19.9. The molecule has 1 amide bonds. The van der Waals surface area contributed by atoms with Gasteiger partial charge in [-0.2, -0.15) is 0 Å². The molecule has 0 bridgehead atoms. The number of rotatable bonds is 13. The molecule has 4 N–H and O–H groups in total. The Morgan fingerprint density at radius 1 is 0.937 bits per heavy atom. The van der Waals surface area contributed by atoms with Crippen LogP contribution >= 0.6 is 0 Å². The molecular formula is C48H56N8O6S. The molecular weight excluding hydrogens is 817 g/mol. The average Bonchev–Trinajstić information content (AvgIpc) is 3.82. The number of aromatic amines is 1. The van der Waals surface area contributed by atoms with E-state index >= 15 is 0 Å². The number of nitrogens with zero attached hydrogens (tertiary/aromatic N) is 5. The summed E-state index contributed by atoms with van der Waals surface area (Å²) >= 11 is 0. The lowest BCUT2D eigenvalue weighted by atomic mass is 9.70. The van der Waals surface area contributed by atoms with Gasteiger partial charge in [-0.05, 0) is 141 Å². The molecule has 2 saturated heterocycles. The third-order valence-corrected chi connectivity index (χ3v) is 16.0. The first-order chi connectivity index (χ1) is 30.4. The average molecular weight is 873 g/mol. The van der Waals surface area contributed by atoms with Crippen LogP contribution in [0.2, 0.25) is 0 Å². The van der Waals surface area contributed by atoms with Gasteiger partial charge >= 0.3 is 0 Å². The van der Waals surface area contributed by atoms with Gasteiger partial charge in [0.2, 0.25) is 0 Å². The highest BCUT2D eigenvalue weighted by molar-refractivity contribution is 7.90. The molecule has 1 spiro atoms. The summed E-state index contributed by atoms with van der Waals surface area (Å²) in [7, 11) is -4.49. The van der Waals surface area contributed by atoms with Gasteiger partial charge in [0.05, 0.1) is 17.4 Å². The fourth-order valence-electron chi connectivity index (χ4n) is 10.8. The maximum atomic E-state index is 13.9. The van der Waals surface area contributed by atoms with Gasteiger partial charge < -0.3 is 25.0 Å². The summed E-state index contributed by atoms with van der Waals surface area (Å²) < 4.78 is 35.9. The first kappa shape index (κ1) is 41.6. The molecule has 15 heteroatoms. The normalized spacial score (nSPS) is 24.9. The van der Waals surface area contributed by atoms with Crippen LogP contribution < -0.4 is 19.7 Å². The van der Waals surface area contributed by atoms with Crippen molar-refractivity contribution in [2.45, 2.75) is 106 Å². The first-order valence-electron chi connectivity index (χ1n) is 22.6. The Balaban J connectivity index is 0.826. The standard InChI is InChI=1S/C48H56N8O6S/c1-47(58)16-13-31(14-17-47)26-50-45-41(53-59)25-36(28-52-45)63(60,61)54-46(57)40-12-11-34(24-43(40)62-35-23-33-15-20-49-44(33)51-27-35)55-21-18-48(19-22-55)29-56(30-48)42-8-4-7-39(42)38-6-3-2-5-37(38)32-9-10-32/h2-3,5-6,11-12,15,20,23-25,27-28,31-32,39,42,58H,4,7-10,13-14,16-19,21-22,26,29-30H2,1H3,(H,49,51)(H,50,52)(H,54,57)/t31?,39-,42-,47?/m0/s1. The Hall–Kier alpha value is -5.38. The summed E-state index contributed by atoms with van der Waals surface area (Å²) in [6.45, 7) is 6.31. The van der Waals surface area contributed by atoms with E-state index in [1.807, 2.05) is 25.1 Å². The smallest absolute Gasteiger partial charge is 0.268 e. The molecule has 2 aliphatic heterocycles. The fourth-order valence-corrected chi connectivity index (χ4v) is 11.7. The molecule has 5 aromatic rings. The highest BCUT2D eigenvalue weighted by atomic mass is 32.2. The van der Waals surface area contributed by atoms with E-state index in [1.165, 1.54) is 32.1 Å². The highest BCUT2D eigenvalue weighted by Crippen LogP contribution is 2.51. The van der Waals surface area contributed by atoms with Crippen molar-refractivity contribution in [3.63, 3.8) is 0 Å². The number of likely N-dealkylation sites (tertiary alicyclic amines) is 1. The minimum atomic E-state index is -4.49. The van der Waals surface area contributed by atoms with Crippen LogP contribution in [0.3, 0.4) is 0 Å². The number of amides is 1. The zero-order chi connectivity index (χ0) is 43.3. The van der Waals surface area contributed by atoms with Crippen LogP contribution in [0.4, 0.5) is 17.2 Å². The Morgan fingerprint density at radius 3 is 2.48 bits per heavy atom.